The first-order valence-corrected chi connectivity index (χ1v) is 30.7. The quantitative estimate of drug-likeness (QED) is 0.0286. The zero-order valence-corrected chi connectivity index (χ0v) is 48.9. The molecule has 4 saturated heterocycles. The number of aromatic nitrogens is 2. The molecular formula is C62H60ClN11O13S. The third kappa shape index (κ3) is 12.6. The Balaban J connectivity index is 0.701. The maximum absolute atomic E-state index is 14.1. The van der Waals surface area contributed by atoms with Crippen molar-refractivity contribution < 1.29 is 56.3 Å². The number of aromatic amines is 1. The van der Waals surface area contributed by atoms with E-state index in [1.807, 2.05) is 48.5 Å². The predicted octanol–water partition coefficient (Wildman–Crippen LogP) is 7.21. The highest BCUT2D eigenvalue weighted by Gasteiger charge is 2.46. The molecule has 454 valence electrons. The molecule has 7 aromatic rings. The number of fused-ring (bicyclic) bond motifs is 2. The number of sulfonamides is 1. The number of nitro benzene ring substituents is 1. The van der Waals surface area contributed by atoms with E-state index in [0.29, 0.717) is 94.3 Å². The van der Waals surface area contributed by atoms with Crippen LogP contribution in [0.15, 0.2) is 126 Å². The lowest BCUT2D eigenvalue weighted by Gasteiger charge is -2.39. The van der Waals surface area contributed by atoms with E-state index >= 15 is 0 Å². The second-order valence-electron chi connectivity index (χ2n) is 22.2. The number of piperidine rings is 1. The zero-order chi connectivity index (χ0) is 61.2. The van der Waals surface area contributed by atoms with Gasteiger partial charge in [-0.05, 0) is 103 Å². The molecule has 0 radical (unpaired) electrons. The maximum Gasteiger partial charge on any atom is 0.293 e. The first-order chi connectivity index (χ1) is 42.5. The first kappa shape index (κ1) is 58.9. The fourth-order valence-electron chi connectivity index (χ4n) is 11.7. The number of H-pyrrole nitrogens is 1. The van der Waals surface area contributed by atoms with Gasteiger partial charge in [0.25, 0.3) is 33.4 Å². The van der Waals surface area contributed by atoms with Crippen molar-refractivity contribution in [2.24, 2.45) is 11.8 Å². The molecule has 1 unspecified atom stereocenters. The van der Waals surface area contributed by atoms with Crippen molar-refractivity contribution in [2.75, 3.05) is 87.7 Å². The van der Waals surface area contributed by atoms with Crippen molar-refractivity contribution in [3.05, 3.63) is 159 Å². The summed E-state index contributed by atoms with van der Waals surface area (Å²) < 4.78 is 48.2. The lowest BCUT2D eigenvalue weighted by molar-refractivity contribution is -0.384. The summed E-state index contributed by atoms with van der Waals surface area (Å²) in [4.78, 5) is 105. The number of likely N-dealkylation sites (tertiary alicyclic amines) is 1. The van der Waals surface area contributed by atoms with Crippen LogP contribution < -0.4 is 35.0 Å². The van der Waals surface area contributed by atoms with E-state index in [9.17, 15) is 47.3 Å². The van der Waals surface area contributed by atoms with Gasteiger partial charge in [0.1, 0.15) is 34.6 Å². The minimum absolute atomic E-state index is 0.00474. The number of anilines is 3. The summed E-state index contributed by atoms with van der Waals surface area (Å²) in [5, 5.41) is 21.9. The topological polar surface area (TPSA) is 297 Å². The number of pyridine rings is 1. The Kier molecular flexibility index (Phi) is 16.8. The molecule has 0 spiro atoms. The van der Waals surface area contributed by atoms with Crippen LogP contribution >= 0.6 is 11.6 Å². The molecule has 5 aliphatic rings. The number of hydrogen-bond donors (Lipinski definition) is 5. The highest BCUT2D eigenvalue weighted by atomic mass is 35.5. The Morgan fingerprint density at radius 1 is 0.818 bits per heavy atom. The Morgan fingerprint density at radius 2 is 1.59 bits per heavy atom. The molecule has 6 amide bonds. The molecule has 7 heterocycles. The van der Waals surface area contributed by atoms with Gasteiger partial charge in [-0.3, -0.25) is 54.0 Å². The van der Waals surface area contributed by atoms with Crippen molar-refractivity contribution in [3.8, 4) is 28.4 Å². The molecule has 26 heteroatoms. The Morgan fingerprint density at radius 3 is 2.36 bits per heavy atom. The van der Waals surface area contributed by atoms with Gasteiger partial charge in [0.15, 0.2) is 0 Å². The average Bonchev–Trinajstić information content (AvgIpc) is 2.02. The number of carbonyl (C=O) groups excluding carboxylic acids is 6. The fourth-order valence-corrected chi connectivity index (χ4v) is 12.8. The molecule has 5 aromatic carbocycles. The maximum atomic E-state index is 14.1. The lowest BCUT2D eigenvalue weighted by Crippen LogP contribution is -2.54. The van der Waals surface area contributed by atoms with Gasteiger partial charge in [-0.2, -0.15) is 0 Å². The van der Waals surface area contributed by atoms with Gasteiger partial charge < -0.3 is 39.6 Å². The number of nitro groups is 1. The molecular weight excluding hydrogens is 1170 g/mol. The number of nitrogens with one attached hydrogen (secondary N) is 5. The number of piperazine rings is 1. The van der Waals surface area contributed by atoms with Gasteiger partial charge in [-0.1, -0.05) is 41.9 Å². The van der Waals surface area contributed by atoms with Gasteiger partial charge in [0, 0.05) is 124 Å². The molecule has 2 aromatic heterocycles. The van der Waals surface area contributed by atoms with Crippen LogP contribution in [0.1, 0.15) is 62.3 Å². The van der Waals surface area contributed by atoms with Crippen LogP contribution in [0, 0.1) is 22.0 Å². The second-order valence-corrected chi connectivity index (χ2v) is 24.4. The smallest absolute Gasteiger partial charge is 0.293 e. The van der Waals surface area contributed by atoms with E-state index in [-0.39, 0.29) is 76.7 Å². The summed E-state index contributed by atoms with van der Waals surface area (Å²) in [7, 11) is -4.64. The van der Waals surface area contributed by atoms with Crippen LogP contribution in [0.3, 0.4) is 0 Å². The molecule has 24 nitrogen and oxygen atoms in total. The molecule has 12 rings (SSSR count). The van der Waals surface area contributed by atoms with E-state index in [0.717, 1.165) is 45.9 Å². The summed E-state index contributed by atoms with van der Waals surface area (Å²) in [6.45, 7) is 5.50. The molecule has 0 aliphatic carbocycles. The van der Waals surface area contributed by atoms with Crippen molar-refractivity contribution in [1.29, 1.82) is 0 Å². The van der Waals surface area contributed by atoms with Crippen LogP contribution in [0.25, 0.3) is 22.2 Å². The van der Waals surface area contributed by atoms with E-state index < -0.39 is 61.1 Å². The molecule has 5 aliphatic heterocycles. The van der Waals surface area contributed by atoms with Gasteiger partial charge in [-0.25, -0.2) is 18.1 Å². The van der Waals surface area contributed by atoms with E-state index in [4.69, 9.17) is 25.8 Å². The predicted molar refractivity (Wildman–Crippen MR) is 324 cm³/mol. The highest BCUT2D eigenvalue weighted by molar-refractivity contribution is 7.90. The highest BCUT2D eigenvalue weighted by Crippen LogP contribution is 2.38. The molecule has 88 heavy (non-hydrogen) atoms. The Labute approximate surface area is 509 Å². The van der Waals surface area contributed by atoms with E-state index in [1.54, 1.807) is 41.4 Å². The van der Waals surface area contributed by atoms with E-state index in [2.05, 4.69) is 40.4 Å². The van der Waals surface area contributed by atoms with Crippen molar-refractivity contribution >= 4 is 90.9 Å². The van der Waals surface area contributed by atoms with Crippen LogP contribution in [0.4, 0.5) is 22.7 Å². The normalized spacial score (nSPS) is 17.6. The number of hydrogen-bond acceptors (Lipinski definition) is 18. The monoisotopic (exact) mass is 1230 g/mol. The number of nitrogens with zero attached hydrogens (tertiary/aromatic N) is 6. The number of carbonyl (C=O) groups is 6. The van der Waals surface area contributed by atoms with Crippen LogP contribution in [0.2, 0.25) is 5.02 Å². The van der Waals surface area contributed by atoms with Gasteiger partial charge in [0.05, 0.1) is 45.9 Å². The zero-order valence-electron chi connectivity index (χ0n) is 47.4. The van der Waals surface area contributed by atoms with Gasteiger partial charge in [-0.15, -0.1) is 0 Å². The van der Waals surface area contributed by atoms with Crippen LogP contribution in [-0.4, -0.2) is 152 Å². The molecule has 4 fully saturated rings. The largest absolute Gasteiger partial charge is 0.493 e. The number of imide groups is 2. The van der Waals surface area contributed by atoms with Crippen molar-refractivity contribution in [1.82, 2.24) is 34.7 Å². The SMILES string of the molecule is O=C1CCC(N2C(=O)c3cccc(NCC(=O)N4CC(COc5cccc(-c6ccc(Cl)cc6)c5CN5CCN(c6ccc(C(=O)NS(=O)(=O)c7ccc(NCC8CCOCC8)c([N+](=O)[O-])c7)c(Oc7cnc8[nH]ccc8c7)c6)CC5)C4)c3C2=O)C(=O)N1. The van der Waals surface area contributed by atoms with Gasteiger partial charge in [0.2, 0.25) is 17.7 Å². The Bertz CT molecular complexity index is 4030. The van der Waals surface area contributed by atoms with Crippen LogP contribution in [-0.2, 0) is 35.7 Å². The van der Waals surface area contributed by atoms with E-state index in [1.165, 1.54) is 30.5 Å². The number of amides is 6. The van der Waals surface area contributed by atoms with Crippen molar-refractivity contribution in [2.45, 2.75) is 43.2 Å². The summed E-state index contributed by atoms with van der Waals surface area (Å²) in [6, 6.07) is 29.0. The second kappa shape index (κ2) is 25.1. The number of ether oxygens (including phenoxy) is 3. The van der Waals surface area contributed by atoms with Gasteiger partial charge >= 0.3 is 0 Å². The summed E-state index contributed by atoms with van der Waals surface area (Å²) in [5.74, 6) is -2.46. The summed E-state index contributed by atoms with van der Waals surface area (Å²) in [6.07, 6.45) is 4.81. The summed E-state index contributed by atoms with van der Waals surface area (Å²) >= 11 is 6.34. The van der Waals surface area contributed by atoms with Crippen LogP contribution in [0.5, 0.6) is 17.2 Å². The van der Waals surface area contributed by atoms with Crippen molar-refractivity contribution in [3.63, 3.8) is 0 Å². The summed E-state index contributed by atoms with van der Waals surface area (Å²) in [5.41, 5.74) is 4.22. The third-order valence-corrected chi connectivity index (χ3v) is 18.1. The fraction of sp³-hybridized carbons (Fsp3) is 0.306. The first-order valence-electron chi connectivity index (χ1n) is 28.8. The minimum atomic E-state index is -4.64. The number of rotatable bonds is 20. The Hall–Kier alpha value is -9.43. The lowest BCUT2D eigenvalue weighted by atomic mass is 9.97. The molecule has 0 saturated carbocycles. The minimum Gasteiger partial charge on any atom is -0.493 e. The molecule has 0 bridgehead atoms. The number of halogens is 1. The molecule has 5 N–H and O–H groups in total. The standard InChI is InChI=1S/C62H60ClN11O13S/c63-41-9-7-39(8-10-41)45-3-2-6-53(86-36-38-33-72(34-38)56(76)32-66-50-5-1-4-47-57(50)62(80)73(61(47)79)51-15-16-55(75)68-60(51)78)48(45)35-70-21-23-71(24-22-70)42-11-13-46(54(28-42)87-43-27-40-17-20-64-58(40)67-31-43)59(77)69-88(83,84)44-12-14-49(52(29-44)74(81)82)65-30-37-18-25-85-26-19-37/h1-14,17,20,27-29,31,37-38,51,65-66H,15-16,18-19,21-26,30,32-36H2,(H,64,67)(H,69,77)(H,68,75,78). The molecule has 1 atom stereocenters. The third-order valence-electron chi connectivity index (χ3n) is 16.5. The number of benzene rings is 5. The average molecular weight is 1230 g/mol.